The van der Waals surface area contributed by atoms with Gasteiger partial charge in [0.05, 0.1) is 0 Å². The van der Waals surface area contributed by atoms with Gasteiger partial charge in [0.15, 0.2) is 6.10 Å². The van der Waals surface area contributed by atoms with Crippen molar-refractivity contribution in [1.29, 1.82) is 0 Å². The normalized spacial score (nSPS) is 12.3. The molecule has 0 unspecified atom stereocenters. The number of ether oxygens (including phenoxy) is 2. The average Bonchev–Trinajstić information content (AvgIpc) is 2.81. The van der Waals surface area contributed by atoms with Gasteiger partial charge in [-0.15, -0.1) is 0 Å². The van der Waals surface area contributed by atoms with Gasteiger partial charge in [-0.25, -0.2) is 4.79 Å². The van der Waals surface area contributed by atoms with Crippen LogP contribution in [-0.2, 0) is 16.0 Å². The van der Waals surface area contributed by atoms with Gasteiger partial charge in [-0.2, -0.15) is 0 Å². The quantitative estimate of drug-likeness (QED) is 0.292. The first kappa shape index (κ1) is 24.5. The fourth-order valence-electron chi connectivity index (χ4n) is 3.34. The Morgan fingerprint density at radius 1 is 0.939 bits per heavy atom. The van der Waals surface area contributed by atoms with E-state index in [-0.39, 0.29) is 6.42 Å². The van der Waals surface area contributed by atoms with E-state index in [1.807, 2.05) is 60.7 Å². The first-order valence-electron chi connectivity index (χ1n) is 10.8. The number of halogens is 1. The lowest BCUT2D eigenvalue weighted by Crippen LogP contribution is -2.26. The summed E-state index contributed by atoms with van der Waals surface area (Å²) in [6, 6.07) is 23.9. The Hall–Kier alpha value is -3.15. The van der Waals surface area contributed by atoms with Crippen molar-refractivity contribution < 1.29 is 19.4 Å². The van der Waals surface area contributed by atoms with Gasteiger partial charge in [-0.3, -0.25) is 0 Å². The van der Waals surface area contributed by atoms with E-state index in [2.05, 4.69) is 52.3 Å². The third-order valence-corrected chi connectivity index (χ3v) is 5.33. The molecule has 1 atom stereocenters. The van der Waals surface area contributed by atoms with Crippen molar-refractivity contribution in [3.05, 3.63) is 106 Å². The van der Waals surface area contributed by atoms with Gasteiger partial charge in [0.1, 0.15) is 12.4 Å². The van der Waals surface area contributed by atoms with Crippen molar-refractivity contribution >= 4 is 40.1 Å². The number of hydrogen-bond donors (Lipinski definition) is 1. The lowest BCUT2D eigenvalue weighted by molar-refractivity contribution is -0.149. The summed E-state index contributed by atoms with van der Waals surface area (Å²) in [6.45, 7) is 2.50. The maximum atomic E-state index is 11.4. The van der Waals surface area contributed by atoms with Crippen LogP contribution in [0.5, 0.6) is 5.75 Å². The molecule has 4 nitrogen and oxygen atoms in total. The van der Waals surface area contributed by atoms with Gasteiger partial charge < -0.3 is 14.6 Å². The van der Waals surface area contributed by atoms with Crippen LogP contribution in [0.15, 0.2) is 83.3 Å². The molecule has 3 aromatic carbocycles. The van der Waals surface area contributed by atoms with Gasteiger partial charge >= 0.3 is 5.97 Å². The van der Waals surface area contributed by atoms with Gasteiger partial charge in [0.2, 0.25) is 0 Å². The van der Waals surface area contributed by atoms with Crippen molar-refractivity contribution in [3.63, 3.8) is 0 Å². The van der Waals surface area contributed by atoms with Crippen LogP contribution in [0.3, 0.4) is 0 Å². The molecule has 1 N–H and O–H groups in total. The summed E-state index contributed by atoms with van der Waals surface area (Å²) >= 11 is 3.58. The molecule has 0 heterocycles. The predicted molar refractivity (Wildman–Crippen MR) is 137 cm³/mol. The molecule has 170 valence electrons. The van der Waals surface area contributed by atoms with Crippen LogP contribution in [0.25, 0.3) is 18.2 Å². The number of carboxylic acid groups (broad SMARTS) is 1. The largest absolute Gasteiger partial charge is 0.489 e. The molecule has 0 bridgehead atoms. The summed E-state index contributed by atoms with van der Waals surface area (Å²) in [5.41, 5.74) is 4.10. The maximum Gasteiger partial charge on any atom is 0.333 e. The van der Waals surface area contributed by atoms with E-state index in [1.54, 1.807) is 6.92 Å². The minimum absolute atomic E-state index is 0.256. The summed E-state index contributed by atoms with van der Waals surface area (Å²) in [6.07, 6.45) is 7.49. The molecular formula is C28H27BrO4. The minimum atomic E-state index is -0.974. The fourth-order valence-corrected chi connectivity index (χ4v) is 3.87. The number of benzene rings is 3. The molecule has 0 aromatic heterocycles. The Labute approximate surface area is 203 Å². The number of para-hydroxylation sites is 1. The third-order valence-electron chi connectivity index (χ3n) is 4.88. The zero-order valence-electron chi connectivity index (χ0n) is 18.5. The lowest BCUT2D eigenvalue weighted by atomic mass is 10.1. The Kier molecular flexibility index (Phi) is 9.48. The minimum Gasteiger partial charge on any atom is -0.489 e. The van der Waals surface area contributed by atoms with E-state index in [9.17, 15) is 9.90 Å². The first-order chi connectivity index (χ1) is 16.0. The number of aliphatic carboxylic acids is 1. The molecule has 0 aliphatic heterocycles. The molecule has 0 spiro atoms. The molecule has 0 saturated carbocycles. The molecule has 0 amide bonds. The second kappa shape index (κ2) is 12.8. The highest BCUT2D eigenvalue weighted by Crippen LogP contribution is 2.22. The molecule has 0 saturated heterocycles. The van der Waals surface area contributed by atoms with E-state index in [1.165, 1.54) is 0 Å². The Balaban J connectivity index is 1.64. The van der Waals surface area contributed by atoms with Crippen molar-refractivity contribution in [2.75, 3.05) is 13.2 Å². The topological polar surface area (TPSA) is 55.8 Å². The zero-order valence-corrected chi connectivity index (χ0v) is 20.1. The first-order valence-corrected chi connectivity index (χ1v) is 11.6. The smallest absolute Gasteiger partial charge is 0.333 e. The lowest BCUT2D eigenvalue weighted by Gasteiger charge is -2.15. The van der Waals surface area contributed by atoms with Gasteiger partial charge in [0.25, 0.3) is 0 Å². The van der Waals surface area contributed by atoms with Crippen LogP contribution < -0.4 is 4.74 Å². The molecule has 3 rings (SSSR count). The Morgan fingerprint density at radius 3 is 2.33 bits per heavy atom. The number of carboxylic acids is 1. The van der Waals surface area contributed by atoms with E-state index >= 15 is 0 Å². The molecule has 3 aromatic rings. The van der Waals surface area contributed by atoms with Gasteiger partial charge in [-0.1, -0.05) is 82.7 Å². The zero-order chi connectivity index (χ0) is 23.5. The van der Waals surface area contributed by atoms with Gasteiger partial charge in [-0.05, 0) is 59.5 Å². The third kappa shape index (κ3) is 8.04. The van der Waals surface area contributed by atoms with Crippen LogP contribution >= 0.6 is 15.9 Å². The second-order valence-corrected chi connectivity index (χ2v) is 8.29. The van der Waals surface area contributed by atoms with Crippen LogP contribution in [-0.4, -0.2) is 30.4 Å². The summed E-state index contributed by atoms with van der Waals surface area (Å²) < 4.78 is 12.3. The van der Waals surface area contributed by atoms with Crippen molar-refractivity contribution in [1.82, 2.24) is 0 Å². The van der Waals surface area contributed by atoms with E-state index in [0.29, 0.717) is 19.0 Å². The summed E-state index contributed by atoms with van der Waals surface area (Å²) in [5, 5.41) is 9.36. The standard InChI is InChI=1S/C28H27BrO4/c1-2-32-27(28(30)31)20-24-12-6-7-13-26(24)33-16-8-11-22-17-23(19-25(29)18-22)15-14-21-9-4-3-5-10-21/h3-15,17-19,27H,2,16,20H2,1H3,(H,30,31)/t27-/m0/s1. The number of rotatable bonds is 11. The number of carbonyl (C=O) groups is 1. The predicted octanol–water partition coefficient (Wildman–Crippen LogP) is 6.74. The Morgan fingerprint density at radius 2 is 1.61 bits per heavy atom. The molecule has 0 aliphatic carbocycles. The monoisotopic (exact) mass is 506 g/mol. The average molecular weight is 507 g/mol. The summed E-state index contributed by atoms with van der Waals surface area (Å²) in [7, 11) is 0. The van der Waals surface area contributed by atoms with E-state index in [0.717, 1.165) is 26.7 Å². The van der Waals surface area contributed by atoms with Crippen LogP contribution in [0.2, 0.25) is 0 Å². The van der Waals surface area contributed by atoms with E-state index in [4.69, 9.17) is 9.47 Å². The highest BCUT2D eigenvalue weighted by Gasteiger charge is 2.19. The van der Waals surface area contributed by atoms with Crippen LogP contribution in [0.4, 0.5) is 0 Å². The van der Waals surface area contributed by atoms with Gasteiger partial charge in [0, 0.05) is 17.5 Å². The second-order valence-electron chi connectivity index (χ2n) is 7.37. The summed E-state index contributed by atoms with van der Waals surface area (Å²) in [4.78, 5) is 11.4. The van der Waals surface area contributed by atoms with Crippen molar-refractivity contribution in [2.24, 2.45) is 0 Å². The van der Waals surface area contributed by atoms with Crippen LogP contribution in [0, 0.1) is 0 Å². The highest BCUT2D eigenvalue weighted by atomic mass is 79.9. The summed E-state index contributed by atoms with van der Waals surface area (Å²) in [5.74, 6) is -0.313. The Bertz CT molecular complexity index is 1110. The number of hydrogen-bond acceptors (Lipinski definition) is 3. The molecule has 0 radical (unpaired) electrons. The maximum absolute atomic E-state index is 11.4. The van der Waals surface area contributed by atoms with E-state index < -0.39 is 12.1 Å². The molecule has 5 heteroatoms. The highest BCUT2D eigenvalue weighted by molar-refractivity contribution is 9.10. The molecule has 33 heavy (non-hydrogen) atoms. The van der Waals surface area contributed by atoms with Crippen molar-refractivity contribution in [3.8, 4) is 5.75 Å². The SMILES string of the molecule is CCO[C@@H](Cc1ccccc1OCC=Cc1cc(Br)cc(C=Cc2ccccc2)c1)C(=O)O. The van der Waals surface area contributed by atoms with Crippen molar-refractivity contribution in [2.45, 2.75) is 19.4 Å². The molecule has 0 aliphatic rings. The molecule has 0 fully saturated rings. The molecular weight excluding hydrogens is 480 g/mol. The fraction of sp³-hybridized carbons (Fsp3) is 0.179. The van der Waals surface area contributed by atoms with Crippen LogP contribution in [0.1, 0.15) is 29.2 Å².